The van der Waals surface area contributed by atoms with E-state index in [1.54, 1.807) is 0 Å². The molecule has 13 heavy (non-hydrogen) atoms. The molecule has 3 N–H and O–H groups in total. The summed E-state index contributed by atoms with van der Waals surface area (Å²) in [6, 6.07) is -0.836. The predicted molar refractivity (Wildman–Crippen MR) is 49.1 cm³/mol. The molecule has 0 saturated carbocycles. The SMILES string of the molecule is C=NN([O-])CCCC[C@H](N)C(=O)O. The van der Waals surface area contributed by atoms with Crippen molar-refractivity contribution in [2.45, 2.75) is 25.3 Å². The van der Waals surface area contributed by atoms with Crippen LogP contribution in [0, 0.1) is 5.21 Å². The van der Waals surface area contributed by atoms with Crippen LogP contribution >= 0.6 is 0 Å². The van der Waals surface area contributed by atoms with Gasteiger partial charge >= 0.3 is 5.97 Å². The number of carboxylic acid groups (broad SMARTS) is 1. The summed E-state index contributed by atoms with van der Waals surface area (Å²) in [6.07, 6.45) is 1.55. The number of hydrogen-bond donors (Lipinski definition) is 2. The zero-order chi connectivity index (χ0) is 10.3. The lowest BCUT2D eigenvalue weighted by Gasteiger charge is -2.23. The van der Waals surface area contributed by atoms with Gasteiger partial charge in [0.2, 0.25) is 0 Å². The number of rotatable bonds is 7. The summed E-state index contributed by atoms with van der Waals surface area (Å²) in [6.45, 7) is 3.28. The van der Waals surface area contributed by atoms with Gasteiger partial charge < -0.3 is 21.2 Å². The molecule has 0 rings (SSSR count). The average molecular weight is 188 g/mol. The minimum atomic E-state index is -1.01. The second-order valence-electron chi connectivity index (χ2n) is 2.66. The van der Waals surface area contributed by atoms with Crippen molar-refractivity contribution in [1.82, 2.24) is 5.17 Å². The monoisotopic (exact) mass is 188 g/mol. The maximum atomic E-state index is 10.5. The van der Waals surface area contributed by atoms with Crippen molar-refractivity contribution < 1.29 is 9.90 Å². The third kappa shape index (κ3) is 6.06. The molecule has 76 valence electrons. The molecule has 0 fully saturated rings. The highest BCUT2D eigenvalue weighted by molar-refractivity contribution is 5.72. The maximum Gasteiger partial charge on any atom is 0.320 e. The summed E-state index contributed by atoms with van der Waals surface area (Å²) < 4.78 is 0. The number of hydroxylamine groups is 1. The van der Waals surface area contributed by atoms with Gasteiger partial charge in [-0.15, -0.1) is 0 Å². The zero-order valence-electron chi connectivity index (χ0n) is 7.35. The lowest BCUT2D eigenvalue weighted by Crippen LogP contribution is -2.29. The summed E-state index contributed by atoms with van der Waals surface area (Å²) in [7, 11) is 0. The molecule has 0 aliphatic carbocycles. The van der Waals surface area contributed by atoms with Gasteiger partial charge in [-0.05, 0) is 19.3 Å². The Morgan fingerprint density at radius 2 is 2.31 bits per heavy atom. The van der Waals surface area contributed by atoms with E-state index >= 15 is 0 Å². The van der Waals surface area contributed by atoms with Crippen LogP contribution in [0.3, 0.4) is 0 Å². The Labute approximate surface area is 76.6 Å². The smallest absolute Gasteiger partial charge is 0.320 e. The van der Waals surface area contributed by atoms with E-state index in [0.29, 0.717) is 24.4 Å². The summed E-state index contributed by atoms with van der Waals surface area (Å²) in [4.78, 5) is 10.3. The predicted octanol–water partition coefficient (Wildman–Crippen LogP) is -0.0160. The van der Waals surface area contributed by atoms with Crippen LogP contribution in [-0.2, 0) is 4.79 Å². The van der Waals surface area contributed by atoms with Crippen molar-refractivity contribution in [3.05, 3.63) is 5.21 Å². The lowest BCUT2D eigenvalue weighted by atomic mass is 10.1. The molecule has 0 aliphatic heterocycles. The third-order valence-corrected chi connectivity index (χ3v) is 1.59. The van der Waals surface area contributed by atoms with E-state index in [9.17, 15) is 10.0 Å². The maximum absolute atomic E-state index is 10.5. The van der Waals surface area contributed by atoms with E-state index in [0.717, 1.165) is 0 Å². The Bertz CT molecular complexity index is 174. The van der Waals surface area contributed by atoms with Crippen LogP contribution in [0.25, 0.3) is 0 Å². The molecule has 0 aromatic heterocycles. The van der Waals surface area contributed by atoms with Crippen LogP contribution in [0.5, 0.6) is 0 Å². The van der Waals surface area contributed by atoms with Gasteiger partial charge in [-0.2, -0.15) is 0 Å². The highest BCUT2D eigenvalue weighted by Gasteiger charge is 2.09. The molecule has 0 unspecified atom stereocenters. The highest BCUT2D eigenvalue weighted by Crippen LogP contribution is 2.00. The first-order chi connectivity index (χ1) is 6.07. The molecule has 1 atom stereocenters. The van der Waals surface area contributed by atoms with Crippen molar-refractivity contribution in [1.29, 1.82) is 0 Å². The van der Waals surface area contributed by atoms with Crippen molar-refractivity contribution in [3.8, 4) is 0 Å². The highest BCUT2D eigenvalue weighted by atomic mass is 16.5. The van der Waals surface area contributed by atoms with Crippen LogP contribution in [0.1, 0.15) is 19.3 Å². The minimum absolute atomic E-state index is 0.232. The standard InChI is InChI=1S/C7H14N3O3/c1-9-10(13)5-3-2-4-6(8)7(11)12/h6H,1-5,8H2,(H,11,12)/q-1/t6-/m0/s1. The van der Waals surface area contributed by atoms with Crippen molar-refractivity contribution in [2.75, 3.05) is 6.54 Å². The van der Waals surface area contributed by atoms with Crippen molar-refractivity contribution in [2.24, 2.45) is 10.8 Å². The minimum Gasteiger partial charge on any atom is -0.742 e. The van der Waals surface area contributed by atoms with E-state index in [1.165, 1.54) is 0 Å². The van der Waals surface area contributed by atoms with Gasteiger partial charge in [-0.1, -0.05) is 0 Å². The number of hydrogen-bond acceptors (Lipinski definition) is 5. The summed E-state index contributed by atoms with van der Waals surface area (Å²) in [5.74, 6) is -1.01. The molecule has 0 spiro atoms. The Morgan fingerprint density at radius 3 is 2.77 bits per heavy atom. The summed E-state index contributed by atoms with van der Waals surface area (Å²) in [5, 5.41) is 22.5. The Kier molecular flexibility index (Phi) is 5.82. The van der Waals surface area contributed by atoms with E-state index in [4.69, 9.17) is 10.8 Å². The summed E-state index contributed by atoms with van der Waals surface area (Å²) in [5.41, 5.74) is 5.24. The number of nitrogens with zero attached hydrogens (tertiary/aromatic N) is 2. The number of unbranched alkanes of at least 4 members (excludes halogenated alkanes) is 1. The fourth-order valence-corrected chi connectivity index (χ4v) is 0.806. The van der Waals surface area contributed by atoms with E-state index < -0.39 is 12.0 Å². The molecule has 0 aromatic carbocycles. The number of carboxylic acids is 1. The van der Waals surface area contributed by atoms with Gasteiger partial charge in [0.25, 0.3) is 0 Å². The van der Waals surface area contributed by atoms with Crippen LogP contribution < -0.4 is 5.73 Å². The van der Waals surface area contributed by atoms with Gasteiger partial charge in [0, 0.05) is 13.3 Å². The van der Waals surface area contributed by atoms with Gasteiger partial charge in [0.15, 0.2) is 0 Å². The molecule has 6 nitrogen and oxygen atoms in total. The number of nitrogens with two attached hydrogens (primary N) is 1. The van der Waals surface area contributed by atoms with Crippen LogP contribution in [0.15, 0.2) is 5.10 Å². The van der Waals surface area contributed by atoms with Crippen molar-refractivity contribution in [3.63, 3.8) is 0 Å². The second-order valence-corrected chi connectivity index (χ2v) is 2.66. The number of aliphatic carboxylic acids is 1. The van der Waals surface area contributed by atoms with Gasteiger partial charge in [0.05, 0.1) is 0 Å². The molecular formula is C7H14N3O3-. The number of carbonyl (C=O) groups is 1. The topological polar surface area (TPSA) is 102 Å². The number of hydrazone groups is 1. The second kappa shape index (κ2) is 6.38. The first-order valence-corrected chi connectivity index (χ1v) is 3.97. The van der Waals surface area contributed by atoms with Crippen LogP contribution in [0.4, 0.5) is 0 Å². The van der Waals surface area contributed by atoms with Gasteiger partial charge in [-0.3, -0.25) is 4.79 Å². The lowest BCUT2D eigenvalue weighted by molar-refractivity contribution is -0.138. The molecule has 0 amide bonds. The largest absolute Gasteiger partial charge is 0.742 e. The Hall–Kier alpha value is -1.14. The molecule has 0 bridgehead atoms. The average Bonchev–Trinajstić information content (AvgIpc) is 2.11. The Morgan fingerprint density at radius 1 is 1.69 bits per heavy atom. The molecule has 0 radical (unpaired) electrons. The quantitative estimate of drug-likeness (QED) is 0.332. The molecule has 0 aromatic rings. The molecule has 0 heterocycles. The van der Waals surface area contributed by atoms with E-state index in [1.807, 2.05) is 0 Å². The molecular weight excluding hydrogens is 174 g/mol. The molecule has 0 aliphatic rings. The van der Waals surface area contributed by atoms with Crippen LogP contribution in [-0.4, -0.2) is 35.6 Å². The fourth-order valence-electron chi connectivity index (χ4n) is 0.806. The zero-order valence-corrected chi connectivity index (χ0v) is 7.35. The third-order valence-electron chi connectivity index (χ3n) is 1.59. The van der Waals surface area contributed by atoms with Crippen LogP contribution in [0.2, 0.25) is 0 Å². The van der Waals surface area contributed by atoms with Gasteiger partial charge in [-0.25, -0.2) is 5.10 Å². The van der Waals surface area contributed by atoms with Gasteiger partial charge in [0.1, 0.15) is 6.04 Å². The first kappa shape index (κ1) is 11.9. The van der Waals surface area contributed by atoms with E-state index in [2.05, 4.69) is 11.8 Å². The normalized spacial score (nSPS) is 12.2. The molecule has 6 heteroatoms. The summed E-state index contributed by atoms with van der Waals surface area (Å²) >= 11 is 0. The Balaban J connectivity index is 3.35. The fraction of sp³-hybridized carbons (Fsp3) is 0.714. The van der Waals surface area contributed by atoms with E-state index in [-0.39, 0.29) is 6.54 Å². The molecule has 0 saturated heterocycles. The first-order valence-electron chi connectivity index (χ1n) is 3.97. The van der Waals surface area contributed by atoms with Crippen molar-refractivity contribution >= 4 is 12.7 Å².